The van der Waals surface area contributed by atoms with Crippen LogP contribution in [0.1, 0.15) is 31.2 Å². The van der Waals surface area contributed by atoms with Gasteiger partial charge in [-0.2, -0.15) is 0 Å². The number of halogens is 1. The van der Waals surface area contributed by atoms with Crippen molar-refractivity contribution in [2.75, 3.05) is 16.2 Å². The molecule has 1 N–H and O–H groups in total. The van der Waals surface area contributed by atoms with Crippen LogP contribution >= 0.6 is 15.9 Å². The number of anilines is 2. The van der Waals surface area contributed by atoms with E-state index in [1.54, 1.807) is 30.3 Å². The normalized spacial score (nSPS) is 17.1. The lowest BCUT2D eigenvalue weighted by Crippen LogP contribution is -2.33. The lowest BCUT2D eigenvalue weighted by Gasteiger charge is -2.21. The Morgan fingerprint density at radius 3 is 2.59 bits per heavy atom. The van der Waals surface area contributed by atoms with Crippen molar-refractivity contribution in [1.29, 1.82) is 0 Å². The standard InChI is InChI=1S/C20H21BrN2O3S/c21-17-7-3-4-8-19(17)27(25,26)22-16-9-10-18-15(13-16)11-12-23(18)20(24)14-5-1-2-6-14/h3-4,7-10,13-14,22H,1-2,5-6,11-12H2. The van der Waals surface area contributed by atoms with Crippen LogP contribution in [0.3, 0.4) is 0 Å². The largest absolute Gasteiger partial charge is 0.312 e. The second-order valence-corrected chi connectivity index (χ2v) is 9.61. The van der Waals surface area contributed by atoms with E-state index in [1.165, 1.54) is 0 Å². The van der Waals surface area contributed by atoms with Gasteiger partial charge in [-0.25, -0.2) is 8.42 Å². The van der Waals surface area contributed by atoms with E-state index in [0.29, 0.717) is 16.7 Å². The van der Waals surface area contributed by atoms with Crippen LogP contribution in [0.4, 0.5) is 11.4 Å². The van der Waals surface area contributed by atoms with Gasteiger partial charge in [-0.1, -0.05) is 25.0 Å². The molecule has 7 heteroatoms. The SMILES string of the molecule is O=C(C1CCCC1)N1CCc2cc(NS(=O)(=O)c3ccccc3Br)ccc21. The molecule has 1 saturated carbocycles. The number of sulfonamides is 1. The van der Waals surface area contributed by atoms with E-state index < -0.39 is 10.0 Å². The molecule has 1 heterocycles. The zero-order chi connectivity index (χ0) is 19.0. The second-order valence-electron chi connectivity index (χ2n) is 7.10. The third kappa shape index (κ3) is 3.62. The van der Waals surface area contributed by atoms with E-state index in [0.717, 1.165) is 43.4 Å². The molecule has 0 spiro atoms. The molecule has 0 atom stereocenters. The van der Waals surface area contributed by atoms with Crippen molar-refractivity contribution in [3.8, 4) is 0 Å². The zero-order valence-corrected chi connectivity index (χ0v) is 17.2. The maximum Gasteiger partial charge on any atom is 0.263 e. The molecule has 0 saturated heterocycles. The summed E-state index contributed by atoms with van der Waals surface area (Å²) in [6.07, 6.45) is 4.97. The van der Waals surface area contributed by atoms with E-state index >= 15 is 0 Å². The maximum atomic E-state index is 12.8. The van der Waals surface area contributed by atoms with E-state index in [2.05, 4.69) is 20.7 Å². The van der Waals surface area contributed by atoms with Crippen LogP contribution < -0.4 is 9.62 Å². The molecule has 4 rings (SSSR count). The molecule has 27 heavy (non-hydrogen) atoms. The topological polar surface area (TPSA) is 66.5 Å². The first-order valence-corrected chi connectivity index (χ1v) is 11.4. The third-order valence-electron chi connectivity index (χ3n) is 5.32. The number of carbonyl (C=O) groups excluding carboxylic acids is 1. The van der Waals surface area contributed by atoms with Crippen molar-refractivity contribution in [2.24, 2.45) is 5.92 Å². The highest BCUT2D eigenvalue weighted by Crippen LogP contribution is 2.35. The van der Waals surface area contributed by atoms with Crippen molar-refractivity contribution in [3.63, 3.8) is 0 Å². The highest BCUT2D eigenvalue weighted by Gasteiger charge is 2.32. The predicted molar refractivity (Wildman–Crippen MR) is 109 cm³/mol. The summed E-state index contributed by atoms with van der Waals surface area (Å²) in [5, 5.41) is 0. The zero-order valence-electron chi connectivity index (χ0n) is 14.8. The quantitative estimate of drug-likeness (QED) is 0.756. The van der Waals surface area contributed by atoms with Gasteiger partial charge >= 0.3 is 0 Å². The van der Waals surface area contributed by atoms with E-state index in [9.17, 15) is 13.2 Å². The van der Waals surface area contributed by atoms with Gasteiger partial charge in [-0.05, 0) is 71.1 Å². The molecule has 142 valence electrons. The molecule has 5 nitrogen and oxygen atoms in total. The fourth-order valence-electron chi connectivity index (χ4n) is 3.96. The Balaban J connectivity index is 1.56. The molecule has 0 unspecified atom stereocenters. The summed E-state index contributed by atoms with van der Waals surface area (Å²) in [7, 11) is -3.68. The van der Waals surface area contributed by atoms with Crippen LogP contribution in [0.2, 0.25) is 0 Å². The lowest BCUT2D eigenvalue weighted by molar-refractivity contribution is -0.122. The highest BCUT2D eigenvalue weighted by atomic mass is 79.9. The van der Waals surface area contributed by atoms with Crippen LogP contribution in [0.25, 0.3) is 0 Å². The number of nitrogens with one attached hydrogen (secondary N) is 1. The van der Waals surface area contributed by atoms with Crippen LogP contribution in [-0.2, 0) is 21.2 Å². The van der Waals surface area contributed by atoms with Crippen LogP contribution in [-0.4, -0.2) is 20.9 Å². The summed E-state index contributed by atoms with van der Waals surface area (Å²) in [6.45, 7) is 0.672. The Morgan fingerprint density at radius 2 is 1.85 bits per heavy atom. The summed E-state index contributed by atoms with van der Waals surface area (Å²) >= 11 is 3.29. The summed E-state index contributed by atoms with van der Waals surface area (Å²) in [5.74, 6) is 0.359. The van der Waals surface area contributed by atoms with Crippen LogP contribution in [0, 0.1) is 5.92 Å². The molecule has 1 fully saturated rings. The summed E-state index contributed by atoms with van der Waals surface area (Å²) < 4.78 is 28.5. The van der Waals surface area contributed by atoms with Gasteiger partial charge in [0.15, 0.2) is 0 Å². The molecule has 1 amide bonds. The van der Waals surface area contributed by atoms with Crippen LogP contribution in [0.5, 0.6) is 0 Å². The van der Waals surface area contributed by atoms with E-state index in [-0.39, 0.29) is 16.7 Å². The first-order chi connectivity index (χ1) is 13.0. The van der Waals surface area contributed by atoms with E-state index in [1.807, 2.05) is 17.0 Å². The Hall–Kier alpha value is -1.86. The van der Waals surface area contributed by atoms with Gasteiger partial charge in [0.25, 0.3) is 10.0 Å². The van der Waals surface area contributed by atoms with Crippen molar-refractivity contribution in [2.45, 2.75) is 37.0 Å². The lowest BCUT2D eigenvalue weighted by atomic mass is 10.1. The van der Waals surface area contributed by atoms with Crippen molar-refractivity contribution in [1.82, 2.24) is 0 Å². The van der Waals surface area contributed by atoms with Gasteiger partial charge in [0.2, 0.25) is 5.91 Å². The number of amides is 1. The number of carbonyl (C=O) groups is 1. The number of nitrogens with zero attached hydrogens (tertiary/aromatic N) is 1. The second kappa shape index (κ2) is 7.28. The number of hydrogen-bond donors (Lipinski definition) is 1. The van der Waals surface area contributed by atoms with Gasteiger partial charge in [0.05, 0.1) is 0 Å². The molecule has 2 aliphatic rings. The molecule has 2 aromatic rings. The van der Waals surface area contributed by atoms with Crippen molar-refractivity contribution < 1.29 is 13.2 Å². The van der Waals surface area contributed by atoms with Gasteiger partial charge < -0.3 is 4.90 Å². The Labute approximate surface area is 167 Å². The van der Waals surface area contributed by atoms with Gasteiger partial charge in [0.1, 0.15) is 4.90 Å². The first-order valence-electron chi connectivity index (χ1n) is 9.17. The Bertz CT molecular complexity index is 984. The van der Waals surface area contributed by atoms with Crippen LogP contribution in [0.15, 0.2) is 51.8 Å². The average molecular weight is 449 g/mol. The molecule has 2 aromatic carbocycles. The summed E-state index contributed by atoms with van der Waals surface area (Å²) in [4.78, 5) is 14.8. The summed E-state index contributed by atoms with van der Waals surface area (Å²) in [5.41, 5.74) is 2.43. The fraction of sp³-hybridized carbons (Fsp3) is 0.350. The Kier molecular flexibility index (Phi) is 4.99. The highest BCUT2D eigenvalue weighted by molar-refractivity contribution is 9.10. The van der Waals surface area contributed by atoms with Crippen molar-refractivity contribution in [3.05, 3.63) is 52.5 Å². The molecule has 1 aliphatic carbocycles. The minimum Gasteiger partial charge on any atom is -0.312 e. The molecular weight excluding hydrogens is 428 g/mol. The van der Waals surface area contributed by atoms with Gasteiger partial charge in [-0.15, -0.1) is 0 Å². The summed E-state index contributed by atoms with van der Waals surface area (Å²) in [6, 6.07) is 12.1. The number of hydrogen-bond acceptors (Lipinski definition) is 3. The maximum absolute atomic E-state index is 12.8. The number of rotatable bonds is 4. The van der Waals surface area contributed by atoms with Gasteiger partial charge in [-0.3, -0.25) is 9.52 Å². The van der Waals surface area contributed by atoms with Crippen molar-refractivity contribution >= 4 is 43.2 Å². The number of benzene rings is 2. The third-order valence-corrected chi connectivity index (χ3v) is 7.72. The van der Waals surface area contributed by atoms with Gasteiger partial charge in [0, 0.05) is 28.3 Å². The fourth-order valence-corrected chi connectivity index (χ4v) is 6.01. The van der Waals surface area contributed by atoms with E-state index in [4.69, 9.17) is 0 Å². The molecular formula is C20H21BrN2O3S. The minimum atomic E-state index is -3.68. The smallest absolute Gasteiger partial charge is 0.263 e. The Morgan fingerprint density at radius 1 is 1.11 bits per heavy atom. The first kappa shape index (κ1) is 18.5. The molecule has 0 radical (unpaired) electrons. The average Bonchev–Trinajstić information content (AvgIpc) is 3.31. The molecule has 1 aliphatic heterocycles. The molecule has 0 bridgehead atoms. The monoisotopic (exact) mass is 448 g/mol. The number of fused-ring (bicyclic) bond motifs is 1. The molecule has 0 aromatic heterocycles. The predicted octanol–water partition coefficient (Wildman–Crippen LogP) is 4.33. The minimum absolute atomic E-state index is 0.143.